The van der Waals surface area contributed by atoms with Gasteiger partial charge in [0.05, 0.1) is 13.2 Å². The maximum Gasteiger partial charge on any atom is 0.253 e. The van der Waals surface area contributed by atoms with Crippen molar-refractivity contribution >= 4 is 22.6 Å². The van der Waals surface area contributed by atoms with Gasteiger partial charge in [0.15, 0.2) is 11.9 Å². The highest BCUT2D eigenvalue weighted by Gasteiger charge is 2.38. The lowest BCUT2D eigenvalue weighted by Crippen LogP contribution is -2.53. The summed E-state index contributed by atoms with van der Waals surface area (Å²) in [7, 11) is 1.58. The Kier molecular flexibility index (Phi) is 5.26. The Morgan fingerprint density at radius 1 is 1.42 bits per heavy atom. The minimum Gasteiger partial charge on any atom is -0.377 e. The van der Waals surface area contributed by atoms with Crippen molar-refractivity contribution in [1.29, 1.82) is 0 Å². The number of hydrogen-bond donors (Lipinski definition) is 0. The van der Waals surface area contributed by atoms with Crippen LogP contribution in [0.5, 0.6) is 0 Å². The van der Waals surface area contributed by atoms with Gasteiger partial charge < -0.3 is 19.3 Å². The third-order valence-electron chi connectivity index (χ3n) is 4.15. The molecular formula is C14H20F2N4O3S. The van der Waals surface area contributed by atoms with E-state index in [0.29, 0.717) is 37.3 Å². The Hall–Kier alpha value is -1.39. The summed E-state index contributed by atoms with van der Waals surface area (Å²) in [4.78, 5) is 20.3. The third kappa shape index (κ3) is 3.98. The first-order valence-electron chi connectivity index (χ1n) is 7.83. The van der Waals surface area contributed by atoms with Crippen LogP contribution in [0, 0.1) is 0 Å². The lowest BCUT2D eigenvalue weighted by atomic mass is 10.1. The molecule has 0 radical (unpaired) electrons. The first kappa shape index (κ1) is 17.4. The summed E-state index contributed by atoms with van der Waals surface area (Å²) in [6.07, 6.45) is -1.22. The van der Waals surface area contributed by atoms with Crippen LogP contribution in [0.3, 0.4) is 0 Å². The van der Waals surface area contributed by atoms with Gasteiger partial charge in [0, 0.05) is 51.1 Å². The van der Waals surface area contributed by atoms with E-state index in [1.165, 1.54) is 16.4 Å². The van der Waals surface area contributed by atoms with Crippen molar-refractivity contribution in [2.75, 3.05) is 44.8 Å². The summed E-state index contributed by atoms with van der Waals surface area (Å²) in [5.74, 6) is -2.29. The van der Waals surface area contributed by atoms with Gasteiger partial charge in [-0.05, 0) is 0 Å². The molecule has 0 spiro atoms. The largest absolute Gasteiger partial charge is 0.377 e. The molecule has 0 N–H and O–H groups in total. The number of carbonyl (C=O) groups is 1. The van der Waals surface area contributed by atoms with Crippen molar-refractivity contribution < 1.29 is 23.0 Å². The van der Waals surface area contributed by atoms with Crippen molar-refractivity contribution in [3.8, 4) is 0 Å². The number of amides is 1. The van der Waals surface area contributed by atoms with Crippen LogP contribution in [-0.2, 0) is 20.9 Å². The molecule has 24 heavy (non-hydrogen) atoms. The van der Waals surface area contributed by atoms with E-state index in [0.717, 1.165) is 0 Å². The van der Waals surface area contributed by atoms with Crippen LogP contribution in [0.4, 0.5) is 13.9 Å². The van der Waals surface area contributed by atoms with E-state index in [4.69, 9.17) is 9.47 Å². The minimum atomic E-state index is -2.67. The van der Waals surface area contributed by atoms with Gasteiger partial charge in [-0.2, -0.15) is 4.37 Å². The summed E-state index contributed by atoms with van der Waals surface area (Å²) in [6.45, 7) is 1.84. The highest BCUT2D eigenvalue weighted by Crippen LogP contribution is 2.28. The number of aromatic nitrogens is 2. The number of carbonyl (C=O) groups excluding carboxylic acids is 1. The first-order valence-corrected chi connectivity index (χ1v) is 8.60. The van der Waals surface area contributed by atoms with E-state index < -0.39 is 12.0 Å². The lowest BCUT2D eigenvalue weighted by Gasteiger charge is -2.37. The summed E-state index contributed by atoms with van der Waals surface area (Å²) in [5.41, 5.74) is 0. The predicted octanol–water partition coefficient (Wildman–Crippen LogP) is 1.15. The highest BCUT2D eigenvalue weighted by molar-refractivity contribution is 7.09. The summed E-state index contributed by atoms with van der Waals surface area (Å²) >= 11 is 1.25. The fourth-order valence-electron chi connectivity index (χ4n) is 2.79. The zero-order valence-corrected chi connectivity index (χ0v) is 14.2. The molecule has 2 saturated heterocycles. The lowest BCUT2D eigenvalue weighted by molar-refractivity contribution is -0.150. The SMILES string of the molecule is COCc1nsc(N2CCOC(C(=O)N3CCC(F)(F)CC3)C2)n1. The van der Waals surface area contributed by atoms with Crippen molar-refractivity contribution in [2.45, 2.75) is 31.5 Å². The quantitative estimate of drug-likeness (QED) is 0.800. The smallest absolute Gasteiger partial charge is 0.253 e. The van der Waals surface area contributed by atoms with Crippen LogP contribution < -0.4 is 4.90 Å². The van der Waals surface area contributed by atoms with Crippen molar-refractivity contribution in [3.05, 3.63) is 5.82 Å². The molecule has 0 aliphatic carbocycles. The Bertz CT molecular complexity index is 576. The molecule has 7 nitrogen and oxygen atoms in total. The number of piperidine rings is 1. The Morgan fingerprint density at radius 2 is 2.17 bits per heavy atom. The van der Waals surface area contributed by atoms with Gasteiger partial charge in [-0.25, -0.2) is 13.8 Å². The zero-order chi connectivity index (χ0) is 17.2. The number of halogens is 2. The van der Waals surface area contributed by atoms with E-state index in [-0.39, 0.29) is 31.8 Å². The monoisotopic (exact) mass is 362 g/mol. The standard InChI is InChI=1S/C14H20F2N4O3S/c1-22-9-11-17-13(24-18-11)20-6-7-23-10(8-20)12(21)19-4-2-14(15,16)3-5-19/h10H,2-9H2,1H3. The Morgan fingerprint density at radius 3 is 2.88 bits per heavy atom. The molecule has 1 unspecified atom stereocenters. The summed E-state index contributed by atoms with van der Waals surface area (Å²) in [5, 5.41) is 0.716. The molecule has 1 amide bonds. The molecule has 2 aliphatic rings. The molecule has 2 fully saturated rings. The molecule has 1 atom stereocenters. The van der Waals surface area contributed by atoms with Gasteiger partial charge in [0.25, 0.3) is 11.8 Å². The molecule has 0 aromatic carbocycles. The number of nitrogens with zero attached hydrogens (tertiary/aromatic N) is 4. The second-order valence-corrected chi connectivity index (χ2v) is 6.64. The Labute approximate surface area is 142 Å². The third-order valence-corrected chi connectivity index (χ3v) is 4.96. The van der Waals surface area contributed by atoms with E-state index in [1.54, 1.807) is 7.11 Å². The molecule has 10 heteroatoms. The molecule has 134 valence electrons. The van der Waals surface area contributed by atoms with E-state index in [9.17, 15) is 13.6 Å². The number of anilines is 1. The first-order chi connectivity index (χ1) is 11.5. The van der Waals surface area contributed by atoms with Gasteiger partial charge in [0.1, 0.15) is 6.61 Å². The van der Waals surface area contributed by atoms with E-state index >= 15 is 0 Å². The van der Waals surface area contributed by atoms with Crippen LogP contribution in [0.1, 0.15) is 18.7 Å². The molecule has 2 aliphatic heterocycles. The second-order valence-electron chi connectivity index (χ2n) is 5.91. The molecule has 0 bridgehead atoms. The Balaban J connectivity index is 1.59. The average molecular weight is 362 g/mol. The van der Waals surface area contributed by atoms with Gasteiger partial charge in [-0.1, -0.05) is 0 Å². The van der Waals surface area contributed by atoms with Gasteiger partial charge in [-0.3, -0.25) is 4.79 Å². The molecule has 1 aromatic rings. The van der Waals surface area contributed by atoms with E-state index in [1.807, 2.05) is 4.90 Å². The number of methoxy groups -OCH3 is 1. The van der Waals surface area contributed by atoms with Gasteiger partial charge >= 0.3 is 0 Å². The minimum absolute atomic E-state index is 0.0719. The normalized spacial score (nSPS) is 24.2. The van der Waals surface area contributed by atoms with Crippen molar-refractivity contribution in [1.82, 2.24) is 14.3 Å². The number of hydrogen-bond acceptors (Lipinski definition) is 7. The average Bonchev–Trinajstić information content (AvgIpc) is 3.03. The number of alkyl halides is 2. The maximum absolute atomic E-state index is 13.2. The van der Waals surface area contributed by atoms with Crippen LogP contribution in [0.15, 0.2) is 0 Å². The topological polar surface area (TPSA) is 67.8 Å². The van der Waals surface area contributed by atoms with Crippen LogP contribution in [-0.4, -0.2) is 72.1 Å². The predicted molar refractivity (Wildman–Crippen MR) is 83.3 cm³/mol. The van der Waals surface area contributed by atoms with Crippen LogP contribution in [0.25, 0.3) is 0 Å². The number of rotatable bonds is 4. The highest BCUT2D eigenvalue weighted by atomic mass is 32.1. The second kappa shape index (κ2) is 7.24. The van der Waals surface area contributed by atoms with Gasteiger partial charge in [-0.15, -0.1) is 0 Å². The molecule has 3 rings (SSSR count). The molecule has 3 heterocycles. The molecule has 0 saturated carbocycles. The van der Waals surface area contributed by atoms with Gasteiger partial charge in [0.2, 0.25) is 5.13 Å². The van der Waals surface area contributed by atoms with E-state index in [2.05, 4.69) is 9.36 Å². The summed E-state index contributed by atoms with van der Waals surface area (Å²) < 4.78 is 41.2. The molecular weight excluding hydrogens is 342 g/mol. The molecule has 1 aromatic heterocycles. The zero-order valence-electron chi connectivity index (χ0n) is 13.4. The fraction of sp³-hybridized carbons (Fsp3) is 0.786. The summed E-state index contributed by atoms with van der Waals surface area (Å²) in [6, 6.07) is 0. The fourth-order valence-corrected chi connectivity index (χ4v) is 3.50. The number of morpholine rings is 1. The number of likely N-dealkylation sites (tertiary alicyclic amines) is 1. The van der Waals surface area contributed by atoms with Crippen LogP contribution in [0.2, 0.25) is 0 Å². The number of ether oxygens (including phenoxy) is 2. The van der Waals surface area contributed by atoms with Crippen LogP contribution >= 0.6 is 11.5 Å². The maximum atomic E-state index is 13.2. The van der Waals surface area contributed by atoms with Crippen molar-refractivity contribution in [2.24, 2.45) is 0 Å². The van der Waals surface area contributed by atoms with Crippen molar-refractivity contribution in [3.63, 3.8) is 0 Å².